The van der Waals surface area contributed by atoms with Gasteiger partial charge in [0.05, 0.1) is 5.71 Å². The molecule has 0 bridgehead atoms. The Morgan fingerprint density at radius 3 is 2.41 bits per heavy atom. The highest BCUT2D eigenvalue weighted by molar-refractivity contribution is 6.31. The molecule has 1 aliphatic rings. The van der Waals surface area contributed by atoms with E-state index in [1.54, 1.807) is 12.1 Å². The second kappa shape index (κ2) is 11.1. The second-order valence-corrected chi connectivity index (χ2v) is 8.01. The van der Waals surface area contributed by atoms with Gasteiger partial charge in [0.15, 0.2) is 6.29 Å². The number of benzene rings is 2. The number of nitrogens with zero attached hydrogens (tertiary/aromatic N) is 1. The molecular weight excluding hydrogens is 438 g/mol. The molecule has 2 aromatic rings. The third kappa shape index (κ3) is 5.78. The van der Waals surface area contributed by atoms with Crippen molar-refractivity contribution in [2.45, 2.75) is 44.1 Å². The number of oxime groups is 1. The van der Waals surface area contributed by atoms with Crippen LogP contribution in [0.1, 0.15) is 29.7 Å². The van der Waals surface area contributed by atoms with Crippen molar-refractivity contribution in [1.29, 1.82) is 0 Å². The van der Waals surface area contributed by atoms with Crippen LogP contribution in [0.2, 0.25) is 5.02 Å². The minimum absolute atomic E-state index is 0.327. The minimum Gasteiger partial charge on any atom is -0.488 e. The van der Waals surface area contributed by atoms with E-state index in [0.717, 1.165) is 16.8 Å². The first-order valence-corrected chi connectivity index (χ1v) is 10.5. The van der Waals surface area contributed by atoms with Crippen LogP contribution in [0.25, 0.3) is 0 Å². The molecule has 1 aliphatic heterocycles. The first kappa shape index (κ1) is 24.4. The van der Waals surface area contributed by atoms with Gasteiger partial charge >= 0.3 is 0 Å². The summed E-state index contributed by atoms with van der Waals surface area (Å²) in [6.07, 6.45) is -5.44. The van der Waals surface area contributed by atoms with E-state index in [-0.39, 0.29) is 0 Å². The average molecular weight is 466 g/mol. The molecule has 8 nitrogen and oxygen atoms in total. The summed E-state index contributed by atoms with van der Waals surface area (Å²) in [7, 11) is 2.85. The molecule has 0 aliphatic carbocycles. The van der Waals surface area contributed by atoms with E-state index in [1.807, 2.05) is 37.3 Å². The second-order valence-electron chi connectivity index (χ2n) is 7.60. The molecule has 0 radical (unpaired) electrons. The molecule has 174 valence electrons. The zero-order chi connectivity index (χ0) is 23.3. The molecular formula is C23H28ClNO7. The number of ether oxygens (including phenoxy) is 3. The summed E-state index contributed by atoms with van der Waals surface area (Å²) in [5, 5.41) is 34.9. The van der Waals surface area contributed by atoms with Gasteiger partial charge in [-0.15, -0.1) is 0 Å². The smallest absolute Gasteiger partial charge is 0.186 e. The molecule has 0 spiro atoms. The molecule has 3 N–H and O–H groups in total. The van der Waals surface area contributed by atoms with E-state index < -0.39 is 30.7 Å². The summed E-state index contributed by atoms with van der Waals surface area (Å²) < 4.78 is 16.4. The molecule has 2 unspecified atom stereocenters. The van der Waals surface area contributed by atoms with Crippen molar-refractivity contribution in [3.05, 3.63) is 64.2 Å². The summed E-state index contributed by atoms with van der Waals surface area (Å²) in [5.41, 5.74) is 3.18. The quantitative estimate of drug-likeness (QED) is 0.405. The summed E-state index contributed by atoms with van der Waals surface area (Å²) in [4.78, 5) is 4.71. The van der Waals surface area contributed by atoms with Gasteiger partial charge in [0.25, 0.3) is 0 Å². The molecule has 0 saturated carbocycles. The van der Waals surface area contributed by atoms with Crippen LogP contribution < -0.4 is 4.74 Å². The summed E-state index contributed by atoms with van der Waals surface area (Å²) in [5.74, 6) is 0.705. The highest BCUT2D eigenvalue weighted by atomic mass is 35.5. The third-order valence-electron chi connectivity index (χ3n) is 5.21. The fraction of sp³-hybridized carbons (Fsp3) is 0.435. The van der Waals surface area contributed by atoms with Crippen LogP contribution in [0.5, 0.6) is 5.75 Å². The normalized spacial score (nSPS) is 26.1. The predicted octanol–water partition coefficient (Wildman–Crippen LogP) is 2.46. The number of halogens is 1. The molecule has 1 fully saturated rings. The Bertz CT molecular complexity index is 919. The van der Waals surface area contributed by atoms with Crippen LogP contribution in [0.4, 0.5) is 0 Å². The van der Waals surface area contributed by atoms with Crippen molar-refractivity contribution in [3.8, 4) is 5.75 Å². The Kier molecular flexibility index (Phi) is 8.47. The van der Waals surface area contributed by atoms with E-state index in [0.29, 0.717) is 29.4 Å². The summed E-state index contributed by atoms with van der Waals surface area (Å²) >= 11 is 6.41. The standard InChI is InChI=1S/C23H28ClNO7/c1-13(25-30-3)12-31-17-7-4-14(5-8-17)10-16-11-15(6-9-18(16)24)22-20(27)19(26)21(28)23(29-2)32-22/h4-9,11,19-23,26-28H,10,12H2,1-3H3/b25-13+/t19-,20?,21+,22?,23+/m1/s1. The number of rotatable bonds is 8. The molecule has 9 heteroatoms. The van der Waals surface area contributed by atoms with Gasteiger partial charge in [0.2, 0.25) is 0 Å². The lowest BCUT2D eigenvalue weighted by Gasteiger charge is -2.40. The molecule has 0 amide bonds. The number of hydrogen-bond donors (Lipinski definition) is 3. The van der Waals surface area contributed by atoms with Crippen molar-refractivity contribution in [2.75, 3.05) is 20.8 Å². The average Bonchev–Trinajstić information content (AvgIpc) is 2.79. The Morgan fingerprint density at radius 2 is 1.75 bits per heavy atom. The summed E-state index contributed by atoms with van der Waals surface area (Å²) in [6.45, 7) is 2.14. The molecule has 1 saturated heterocycles. The van der Waals surface area contributed by atoms with Gasteiger partial charge < -0.3 is 34.4 Å². The topological polar surface area (TPSA) is 110 Å². The zero-order valence-electron chi connectivity index (χ0n) is 18.1. The Hall–Kier alpha value is -2.20. The van der Waals surface area contributed by atoms with E-state index in [2.05, 4.69) is 5.16 Å². The Morgan fingerprint density at radius 1 is 1.03 bits per heavy atom. The van der Waals surface area contributed by atoms with E-state index in [4.69, 9.17) is 30.6 Å². The van der Waals surface area contributed by atoms with Crippen molar-refractivity contribution in [3.63, 3.8) is 0 Å². The highest BCUT2D eigenvalue weighted by Gasteiger charge is 2.44. The van der Waals surface area contributed by atoms with Crippen molar-refractivity contribution < 1.29 is 34.4 Å². The largest absolute Gasteiger partial charge is 0.488 e. The van der Waals surface area contributed by atoms with Gasteiger partial charge in [0.1, 0.15) is 43.9 Å². The Balaban J connectivity index is 1.73. The van der Waals surface area contributed by atoms with Crippen LogP contribution in [-0.2, 0) is 20.7 Å². The summed E-state index contributed by atoms with van der Waals surface area (Å²) in [6, 6.07) is 12.9. The van der Waals surface area contributed by atoms with Gasteiger partial charge in [0, 0.05) is 12.1 Å². The molecule has 1 heterocycles. The van der Waals surface area contributed by atoms with E-state index in [1.165, 1.54) is 14.2 Å². The lowest BCUT2D eigenvalue weighted by atomic mass is 9.92. The maximum absolute atomic E-state index is 10.4. The predicted molar refractivity (Wildman–Crippen MR) is 119 cm³/mol. The first-order valence-electron chi connectivity index (χ1n) is 10.1. The van der Waals surface area contributed by atoms with Gasteiger partial charge in [-0.05, 0) is 48.2 Å². The number of methoxy groups -OCH3 is 1. The first-order chi connectivity index (χ1) is 15.3. The fourth-order valence-corrected chi connectivity index (χ4v) is 3.70. The lowest BCUT2D eigenvalue weighted by Crippen LogP contribution is -2.54. The number of aliphatic hydroxyl groups excluding tert-OH is 3. The van der Waals surface area contributed by atoms with Crippen LogP contribution in [-0.4, -0.2) is 66.5 Å². The third-order valence-corrected chi connectivity index (χ3v) is 5.58. The fourth-order valence-electron chi connectivity index (χ4n) is 3.52. The van der Waals surface area contributed by atoms with Crippen molar-refractivity contribution in [2.24, 2.45) is 5.16 Å². The maximum atomic E-state index is 10.4. The SMILES string of the molecule is CO/N=C(\C)COc1ccc(Cc2cc(C3O[C@H](OC)[C@@H](O)[C@H](O)C3O)ccc2Cl)cc1. The zero-order valence-corrected chi connectivity index (χ0v) is 18.9. The maximum Gasteiger partial charge on any atom is 0.186 e. The molecule has 5 atom stereocenters. The van der Waals surface area contributed by atoms with E-state index in [9.17, 15) is 15.3 Å². The van der Waals surface area contributed by atoms with Crippen LogP contribution in [0.3, 0.4) is 0 Å². The lowest BCUT2D eigenvalue weighted by molar-refractivity contribution is -0.292. The minimum atomic E-state index is -1.40. The van der Waals surface area contributed by atoms with Crippen LogP contribution in [0.15, 0.2) is 47.6 Å². The Labute approximate surface area is 191 Å². The van der Waals surface area contributed by atoms with E-state index >= 15 is 0 Å². The molecule has 0 aromatic heterocycles. The van der Waals surface area contributed by atoms with Crippen LogP contribution in [0, 0.1) is 0 Å². The van der Waals surface area contributed by atoms with Gasteiger partial charge in [-0.2, -0.15) is 0 Å². The van der Waals surface area contributed by atoms with Gasteiger partial charge in [-0.1, -0.05) is 41.0 Å². The van der Waals surface area contributed by atoms with Gasteiger partial charge in [-0.25, -0.2) is 0 Å². The van der Waals surface area contributed by atoms with Crippen molar-refractivity contribution >= 4 is 17.3 Å². The molecule has 32 heavy (non-hydrogen) atoms. The highest BCUT2D eigenvalue weighted by Crippen LogP contribution is 2.34. The number of hydrogen-bond acceptors (Lipinski definition) is 8. The van der Waals surface area contributed by atoms with Gasteiger partial charge in [-0.3, -0.25) is 0 Å². The molecule has 3 rings (SSSR count). The molecule has 2 aromatic carbocycles. The van der Waals surface area contributed by atoms with Crippen LogP contribution >= 0.6 is 11.6 Å². The monoisotopic (exact) mass is 465 g/mol. The number of aliphatic hydroxyl groups is 3. The van der Waals surface area contributed by atoms with Crippen molar-refractivity contribution in [1.82, 2.24) is 0 Å².